The fraction of sp³-hybridized carbons (Fsp3) is 0.773. The van der Waals surface area contributed by atoms with E-state index < -0.39 is 11.5 Å². The smallest absolute Gasteiger partial charge is 0.167 e. The summed E-state index contributed by atoms with van der Waals surface area (Å²) in [5.74, 6) is 1.22. The van der Waals surface area contributed by atoms with Gasteiger partial charge in [-0.2, -0.15) is 0 Å². The topological polar surface area (TPSA) is 46.5 Å². The molecule has 0 aromatic rings. The second kappa shape index (κ2) is 5.79. The zero-order valence-corrected chi connectivity index (χ0v) is 15.7. The number of fused-ring (bicyclic) bond motifs is 3. The maximum absolute atomic E-state index is 13.6. The van der Waals surface area contributed by atoms with Crippen LogP contribution in [-0.2, 0) is 9.53 Å². The van der Waals surface area contributed by atoms with E-state index in [9.17, 15) is 9.90 Å². The maximum atomic E-state index is 13.6. The average Bonchev–Trinajstić information content (AvgIpc) is 2.61. The highest BCUT2D eigenvalue weighted by atomic mass is 16.5. The molecule has 138 valence electrons. The minimum atomic E-state index is -0.703. The lowest BCUT2D eigenvalue weighted by Crippen LogP contribution is -2.69. The van der Waals surface area contributed by atoms with Crippen LogP contribution in [0.3, 0.4) is 0 Å². The number of ketones is 1. The van der Waals surface area contributed by atoms with E-state index in [0.717, 1.165) is 49.7 Å². The Morgan fingerprint density at radius 3 is 2.84 bits per heavy atom. The summed E-state index contributed by atoms with van der Waals surface area (Å²) in [5, 5.41) is 11.1. The SMILES string of the molecule is C=C1C(=O)[C@@]23CC[C@@H](CC2[C@@]2(CCCC)COCC(C)C12)C(=C)[C@@H]3O. The molecule has 0 amide bonds. The zero-order valence-electron chi connectivity index (χ0n) is 15.7. The van der Waals surface area contributed by atoms with Crippen molar-refractivity contribution in [2.24, 2.45) is 34.5 Å². The number of hydrogen-bond acceptors (Lipinski definition) is 3. The van der Waals surface area contributed by atoms with Gasteiger partial charge in [0.05, 0.1) is 18.1 Å². The van der Waals surface area contributed by atoms with Gasteiger partial charge in [0.25, 0.3) is 0 Å². The molecule has 1 spiro atoms. The van der Waals surface area contributed by atoms with Crippen molar-refractivity contribution in [3.05, 3.63) is 24.3 Å². The molecule has 4 aliphatic carbocycles. The maximum Gasteiger partial charge on any atom is 0.167 e. The van der Waals surface area contributed by atoms with E-state index >= 15 is 0 Å². The van der Waals surface area contributed by atoms with Crippen molar-refractivity contribution in [1.82, 2.24) is 0 Å². The van der Waals surface area contributed by atoms with Gasteiger partial charge in [-0.15, -0.1) is 0 Å². The summed E-state index contributed by atoms with van der Waals surface area (Å²) in [4.78, 5) is 13.6. The van der Waals surface area contributed by atoms with Crippen LogP contribution in [0.15, 0.2) is 24.3 Å². The van der Waals surface area contributed by atoms with Crippen LogP contribution in [0.1, 0.15) is 52.4 Å². The summed E-state index contributed by atoms with van der Waals surface area (Å²) >= 11 is 0. The zero-order chi connectivity index (χ0) is 18.0. The van der Waals surface area contributed by atoms with Crippen LogP contribution in [0.25, 0.3) is 0 Å². The molecule has 3 heteroatoms. The second-order valence-electron chi connectivity index (χ2n) is 9.20. The van der Waals surface area contributed by atoms with Crippen molar-refractivity contribution in [2.75, 3.05) is 13.2 Å². The minimum absolute atomic E-state index is 0.0426. The first kappa shape index (κ1) is 17.5. The third kappa shape index (κ3) is 2.03. The Bertz CT molecular complexity index is 623. The molecule has 5 fully saturated rings. The van der Waals surface area contributed by atoms with Gasteiger partial charge in [0.2, 0.25) is 0 Å². The molecule has 0 radical (unpaired) electrons. The highest BCUT2D eigenvalue weighted by Gasteiger charge is 2.70. The number of Topliss-reactive ketones (excluding diaryl/α,β-unsaturated/α-hetero) is 1. The lowest BCUT2D eigenvalue weighted by molar-refractivity contribution is -0.207. The van der Waals surface area contributed by atoms with E-state index in [1.807, 2.05) is 0 Å². The number of unbranched alkanes of at least 4 members (excludes halogenated alkanes) is 1. The molecule has 1 N–H and O–H groups in total. The van der Waals surface area contributed by atoms with Gasteiger partial charge in [0.15, 0.2) is 5.78 Å². The van der Waals surface area contributed by atoms with Gasteiger partial charge in [-0.05, 0) is 60.5 Å². The van der Waals surface area contributed by atoms with Crippen molar-refractivity contribution in [1.29, 1.82) is 0 Å². The molecule has 3 nitrogen and oxygen atoms in total. The number of carbonyl (C=O) groups is 1. The van der Waals surface area contributed by atoms with E-state index in [0.29, 0.717) is 25.0 Å². The first-order valence-electron chi connectivity index (χ1n) is 10.1. The molecule has 4 saturated carbocycles. The molecule has 1 aliphatic heterocycles. The van der Waals surface area contributed by atoms with Gasteiger partial charge in [-0.3, -0.25) is 4.79 Å². The van der Waals surface area contributed by atoms with Crippen molar-refractivity contribution >= 4 is 5.78 Å². The fourth-order valence-corrected chi connectivity index (χ4v) is 7.10. The summed E-state index contributed by atoms with van der Waals surface area (Å²) in [6.07, 6.45) is 5.41. The van der Waals surface area contributed by atoms with Gasteiger partial charge in [-0.1, -0.05) is 39.8 Å². The average molecular weight is 344 g/mol. The predicted octanol–water partition coefficient (Wildman–Crippen LogP) is 3.92. The van der Waals surface area contributed by atoms with Gasteiger partial charge in [0, 0.05) is 12.0 Å². The Balaban J connectivity index is 1.88. The minimum Gasteiger partial charge on any atom is -0.388 e. The quantitative estimate of drug-likeness (QED) is 0.623. The highest BCUT2D eigenvalue weighted by Crippen LogP contribution is 2.69. The van der Waals surface area contributed by atoms with Gasteiger partial charge >= 0.3 is 0 Å². The van der Waals surface area contributed by atoms with Crippen LogP contribution in [0.2, 0.25) is 0 Å². The molecular formula is C22H32O3. The van der Waals surface area contributed by atoms with Crippen molar-refractivity contribution in [3.8, 4) is 0 Å². The van der Waals surface area contributed by atoms with E-state index in [4.69, 9.17) is 4.74 Å². The second-order valence-corrected chi connectivity index (χ2v) is 9.20. The number of ether oxygens (including phenoxy) is 1. The van der Waals surface area contributed by atoms with Crippen LogP contribution in [0.5, 0.6) is 0 Å². The Labute approximate surface area is 151 Å². The molecular weight excluding hydrogens is 312 g/mol. The first-order valence-corrected chi connectivity index (χ1v) is 10.1. The van der Waals surface area contributed by atoms with Gasteiger partial charge < -0.3 is 9.84 Å². The standard InChI is InChI=1S/C22H32O3/c1-5-6-8-21-12-25-11-13(2)18(21)15(4)20(24)22-9-7-16(10-17(21)22)14(3)19(22)23/h13,16-19,23H,3-12H2,1-2H3/t13?,16-,17?,18?,19-,21+,22-/m0/s1. The van der Waals surface area contributed by atoms with Crippen LogP contribution >= 0.6 is 0 Å². The Morgan fingerprint density at radius 1 is 1.36 bits per heavy atom. The van der Waals surface area contributed by atoms with Crippen molar-refractivity contribution in [2.45, 2.75) is 58.5 Å². The van der Waals surface area contributed by atoms with Gasteiger partial charge in [0.1, 0.15) is 0 Å². The molecule has 5 rings (SSSR count). The van der Waals surface area contributed by atoms with E-state index in [2.05, 4.69) is 27.0 Å². The van der Waals surface area contributed by atoms with Crippen LogP contribution in [0.4, 0.5) is 0 Å². The number of carbonyl (C=O) groups excluding carboxylic acids is 1. The van der Waals surface area contributed by atoms with Crippen molar-refractivity contribution in [3.63, 3.8) is 0 Å². The first-order chi connectivity index (χ1) is 11.9. The predicted molar refractivity (Wildman–Crippen MR) is 98.0 cm³/mol. The molecule has 3 unspecified atom stereocenters. The highest BCUT2D eigenvalue weighted by molar-refractivity contribution is 6.02. The Kier molecular flexibility index (Phi) is 4.05. The third-order valence-electron chi connectivity index (χ3n) is 8.13. The third-order valence-corrected chi connectivity index (χ3v) is 8.13. The van der Waals surface area contributed by atoms with Crippen LogP contribution in [-0.4, -0.2) is 30.2 Å². The Hall–Kier alpha value is -0.930. The summed E-state index contributed by atoms with van der Waals surface area (Å²) < 4.78 is 6.09. The largest absolute Gasteiger partial charge is 0.388 e. The van der Waals surface area contributed by atoms with Crippen molar-refractivity contribution < 1.29 is 14.6 Å². The van der Waals surface area contributed by atoms with E-state index in [-0.39, 0.29) is 23.0 Å². The molecule has 0 aromatic carbocycles. The van der Waals surface area contributed by atoms with Crippen LogP contribution in [0, 0.1) is 34.5 Å². The molecule has 1 heterocycles. The monoisotopic (exact) mass is 344 g/mol. The fourth-order valence-electron chi connectivity index (χ4n) is 7.10. The summed E-state index contributed by atoms with van der Waals surface area (Å²) in [7, 11) is 0. The van der Waals surface area contributed by atoms with E-state index in [1.165, 1.54) is 0 Å². The Morgan fingerprint density at radius 2 is 2.12 bits per heavy atom. The molecule has 7 atom stereocenters. The number of rotatable bonds is 3. The molecule has 5 aliphatic rings. The van der Waals surface area contributed by atoms with Crippen LogP contribution < -0.4 is 0 Å². The number of aliphatic hydroxyl groups excluding tert-OH is 1. The lowest BCUT2D eigenvalue weighted by Gasteiger charge is -2.67. The number of aliphatic hydroxyl groups is 1. The normalized spacial score (nSPS) is 49.1. The molecule has 0 aromatic heterocycles. The summed E-state index contributed by atoms with van der Waals surface area (Å²) in [6, 6.07) is 0. The number of allylic oxidation sites excluding steroid dienone is 1. The number of hydrogen-bond donors (Lipinski definition) is 1. The summed E-state index contributed by atoms with van der Waals surface area (Å²) in [6.45, 7) is 14.3. The van der Waals surface area contributed by atoms with E-state index in [1.54, 1.807) is 0 Å². The van der Waals surface area contributed by atoms with Gasteiger partial charge in [-0.25, -0.2) is 0 Å². The lowest BCUT2D eigenvalue weighted by atomic mass is 9.37. The molecule has 2 bridgehead atoms. The summed E-state index contributed by atoms with van der Waals surface area (Å²) in [5.41, 5.74) is 0.917. The molecule has 1 saturated heterocycles. The molecule has 25 heavy (non-hydrogen) atoms.